The maximum absolute atomic E-state index is 13.0. The minimum Gasteiger partial charge on any atom is -0.381 e. The number of pyridine rings is 1. The Morgan fingerprint density at radius 3 is 2.53 bits per heavy atom. The van der Waals surface area contributed by atoms with Gasteiger partial charge in [-0.15, -0.1) is 13.2 Å². The highest BCUT2D eigenvalue weighted by molar-refractivity contribution is 5.48. The topological polar surface area (TPSA) is 91.3 Å². The van der Waals surface area contributed by atoms with Crippen molar-refractivity contribution < 1.29 is 27.2 Å². The number of nitrogens with two attached hydrogens (primary N) is 1. The summed E-state index contributed by atoms with van der Waals surface area (Å²) in [6, 6.07) is 0. The second-order valence-corrected chi connectivity index (χ2v) is 2.75. The lowest BCUT2D eigenvalue weighted by molar-refractivity contribution is -0.390. The van der Waals surface area contributed by atoms with Crippen LogP contribution in [-0.2, 0) is 6.54 Å². The van der Waals surface area contributed by atoms with Crippen LogP contribution in [0.5, 0.6) is 5.88 Å². The van der Waals surface area contributed by atoms with Gasteiger partial charge in [0.2, 0.25) is 0 Å². The van der Waals surface area contributed by atoms with E-state index in [0.717, 1.165) is 0 Å². The van der Waals surface area contributed by atoms with Crippen LogP contribution in [0.2, 0.25) is 0 Å². The lowest BCUT2D eigenvalue weighted by Crippen LogP contribution is -2.20. The Balaban J connectivity index is 3.36. The molecule has 17 heavy (non-hydrogen) atoms. The Bertz CT molecular complexity index is 449. The van der Waals surface area contributed by atoms with E-state index in [0.29, 0.717) is 6.20 Å². The minimum atomic E-state index is -5.17. The lowest BCUT2D eigenvalue weighted by atomic mass is 10.2. The molecule has 10 heteroatoms. The van der Waals surface area contributed by atoms with E-state index in [9.17, 15) is 27.7 Å². The SMILES string of the molecule is NCc1c(F)cnc(OC(F)(F)F)c1[N+](=O)[O-]. The van der Waals surface area contributed by atoms with E-state index in [4.69, 9.17) is 5.73 Å². The van der Waals surface area contributed by atoms with Gasteiger partial charge in [-0.1, -0.05) is 0 Å². The van der Waals surface area contributed by atoms with E-state index in [1.54, 1.807) is 0 Å². The first kappa shape index (κ1) is 13.1. The van der Waals surface area contributed by atoms with E-state index >= 15 is 0 Å². The number of ether oxygens (including phenoxy) is 1. The summed E-state index contributed by atoms with van der Waals surface area (Å²) in [4.78, 5) is 12.2. The third kappa shape index (κ3) is 3.00. The largest absolute Gasteiger partial charge is 0.574 e. The van der Waals surface area contributed by atoms with E-state index < -0.39 is 40.8 Å². The van der Waals surface area contributed by atoms with Crippen LogP contribution < -0.4 is 10.5 Å². The summed E-state index contributed by atoms with van der Waals surface area (Å²) in [5.41, 5.74) is 3.08. The summed E-state index contributed by atoms with van der Waals surface area (Å²) in [7, 11) is 0. The van der Waals surface area contributed by atoms with Crippen LogP contribution in [-0.4, -0.2) is 16.3 Å². The Morgan fingerprint density at radius 2 is 2.12 bits per heavy atom. The molecule has 6 nitrogen and oxygen atoms in total. The Kier molecular flexibility index (Phi) is 3.46. The van der Waals surface area contributed by atoms with Crippen molar-refractivity contribution >= 4 is 5.69 Å². The molecule has 0 fully saturated rings. The maximum Gasteiger partial charge on any atom is 0.574 e. The molecular weight excluding hydrogens is 250 g/mol. The summed E-state index contributed by atoms with van der Waals surface area (Å²) in [6.45, 7) is -0.654. The van der Waals surface area contributed by atoms with Gasteiger partial charge in [0.1, 0.15) is 0 Å². The average Bonchev–Trinajstić information content (AvgIpc) is 2.17. The van der Waals surface area contributed by atoms with Crippen molar-refractivity contribution in [3.05, 3.63) is 27.7 Å². The van der Waals surface area contributed by atoms with Crippen LogP contribution in [0.25, 0.3) is 0 Å². The fourth-order valence-electron chi connectivity index (χ4n) is 1.06. The fourth-order valence-corrected chi connectivity index (χ4v) is 1.06. The Morgan fingerprint density at radius 1 is 1.53 bits per heavy atom. The number of rotatable bonds is 3. The molecule has 2 N–H and O–H groups in total. The highest BCUT2D eigenvalue weighted by atomic mass is 19.4. The summed E-state index contributed by atoms with van der Waals surface area (Å²) in [5.74, 6) is -2.52. The zero-order chi connectivity index (χ0) is 13.2. The van der Waals surface area contributed by atoms with Gasteiger partial charge in [0.15, 0.2) is 5.82 Å². The highest BCUT2D eigenvalue weighted by Gasteiger charge is 2.37. The molecule has 0 spiro atoms. The molecule has 0 aromatic carbocycles. The number of nitro groups is 1. The van der Waals surface area contributed by atoms with E-state index in [-0.39, 0.29) is 0 Å². The molecule has 0 aliphatic rings. The highest BCUT2D eigenvalue weighted by Crippen LogP contribution is 2.33. The molecular formula is C7H5F4N3O3. The molecule has 0 atom stereocenters. The Hall–Kier alpha value is -1.97. The zero-order valence-electron chi connectivity index (χ0n) is 7.99. The van der Waals surface area contributed by atoms with Gasteiger partial charge in [-0.25, -0.2) is 9.37 Å². The molecule has 1 heterocycles. The van der Waals surface area contributed by atoms with Gasteiger partial charge in [0.05, 0.1) is 16.7 Å². The molecule has 0 bridgehead atoms. The van der Waals surface area contributed by atoms with E-state index in [2.05, 4.69) is 9.72 Å². The summed E-state index contributed by atoms with van der Waals surface area (Å²) in [5, 5.41) is 10.5. The number of aromatic nitrogens is 1. The average molecular weight is 255 g/mol. The van der Waals surface area contributed by atoms with Gasteiger partial charge in [-0.2, -0.15) is 0 Å². The summed E-state index contributed by atoms with van der Waals surface area (Å²) in [6.07, 6.45) is -4.79. The van der Waals surface area contributed by atoms with Crippen molar-refractivity contribution in [1.29, 1.82) is 0 Å². The number of nitrogens with zero attached hydrogens (tertiary/aromatic N) is 2. The fraction of sp³-hybridized carbons (Fsp3) is 0.286. The van der Waals surface area contributed by atoms with Crippen molar-refractivity contribution in [2.24, 2.45) is 5.73 Å². The molecule has 0 aliphatic heterocycles. The number of hydrogen-bond acceptors (Lipinski definition) is 5. The smallest absolute Gasteiger partial charge is 0.381 e. The van der Waals surface area contributed by atoms with Gasteiger partial charge in [-0.05, 0) is 0 Å². The van der Waals surface area contributed by atoms with Crippen molar-refractivity contribution in [3.8, 4) is 5.88 Å². The van der Waals surface area contributed by atoms with Crippen LogP contribution >= 0.6 is 0 Å². The predicted molar refractivity (Wildman–Crippen MR) is 45.4 cm³/mol. The first-order valence-electron chi connectivity index (χ1n) is 4.04. The molecule has 0 saturated heterocycles. The normalized spacial score (nSPS) is 11.4. The molecule has 1 aromatic rings. The molecule has 0 amide bonds. The third-order valence-corrected chi connectivity index (χ3v) is 1.67. The van der Waals surface area contributed by atoms with Crippen molar-refractivity contribution in [1.82, 2.24) is 4.98 Å². The molecule has 1 aromatic heterocycles. The standard InChI is InChI=1S/C7H5F4N3O3/c8-4-2-13-6(17-7(9,10)11)5(14(15)16)3(4)1-12/h2H,1,12H2. The second kappa shape index (κ2) is 4.49. The van der Waals surface area contributed by atoms with Crippen LogP contribution in [0.3, 0.4) is 0 Å². The van der Waals surface area contributed by atoms with Crippen LogP contribution in [0.1, 0.15) is 5.56 Å². The predicted octanol–water partition coefficient (Wildman–Crippen LogP) is 1.49. The molecule has 0 aliphatic carbocycles. The molecule has 0 radical (unpaired) electrons. The third-order valence-electron chi connectivity index (χ3n) is 1.67. The van der Waals surface area contributed by atoms with Gasteiger partial charge < -0.3 is 10.5 Å². The summed E-state index contributed by atoms with van der Waals surface area (Å²) < 4.78 is 52.1. The second-order valence-electron chi connectivity index (χ2n) is 2.75. The van der Waals surface area contributed by atoms with Gasteiger partial charge >= 0.3 is 17.9 Å². The van der Waals surface area contributed by atoms with E-state index in [1.165, 1.54) is 0 Å². The first-order valence-corrected chi connectivity index (χ1v) is 4.04. The lowest BCUT2D eigenvalue weighted by Gasteiger charge is -2.09. The maximum atomic E-state index is 13.0. The number of hydrogen-bond donors (Lipinski definition) is 1. The number of halogens is 4. The van der Waals surface area contributed by atoms with E-state index in [1.807, 2.05) is 0 Å². The first-order chi connectivity index (χ1) is 7.76. The quantitative estimate of drug-likeness (QED) is 0.501. The molecule has 1 rings (SSSR count). The van der Waals surface area contributed by atoms with Crippen molar-refractivity contribution in [3.63, 3.8) is 0 Å². The Labute approximate surface area is 91.1 Å². The molecule has 0 saturated carbocycles. The minimum absolute atomic E-state index is 0.371. The van der Waals surface area contributed by atoms with Crippen LogP contribution in [0.15, 0.2) is 6.20 Å². The summed E-state index contributed by atoms with van der Waals surface area (Å²) >= 11 is 0. The van der Waals surface area contributed by atoms with Gasteiger partial charge in [0, 0.05) is 6.54 Å². The van der Waals surface area contributed by atoms with Gasteiger partial charge in [-0.3, -0.25) is 10.1 Å². The molecule has 0 unspecified atom stereocenters. The van der Waals surface area contributed by atoms with Gasteiger partial charge in [0.25, 0.3) is 0 Å². The van der Waals surface area contributed by atoms with Crippen LogP contribution in [0, 0.1) is 15.9 Å². The zero-order valence-corrected chi connectivity index (χ0v) is 7.99. The van der Waals surface area contributed by atoms with Crippen LogP contribution in [0.4, 0.5) is 23.2 Å². The number of alkyl halides is 3. The van der Waals surface area contributed by atoms with Crippen molar-refractivity contribution in [2.45, 2.75) is 12.9 Å². The monoisotopic (exact) mass is 255 g/mol. The molecule has 94 valence electrons. The van der Waals surface area contributed by atoms with Crippen molar-refractivity contribution in [2.75, 3.05) is 0 Å².